The SMILES string of the molecule is CNC(=O)CCCC(C)(C)NC(=O)C(C)(C)C. The van der Waals surface area contributed by atoms with E-state index in [9.17, 15) is 9.59 Å². The molecule has 0 rings (SSSR count). The van der Waals surface area contributed by atoms with Gasteiger partial charge in [0.1, 0.15) is 0 Å². The Morgan fingerprint density at radius 1 is 1.06 bits per heavy atom. The number of amides is 2. The highest BCUT2D eigenvalue weighted by Crippen LogP contribution is 2.18. The van der Waals surface area contributed by atoms with Gasteiger partial charge in [-0.3, -0.25) is 9.59 Å². The van der Waals surface area contributed by atoms with Crippen molar-refractivity contribution in [1.82, 2.24) is 10.6 Å². The van der Waals surface area contributed by atoms with Crippen molar-refractivity contribution in [3.8, 4) is 0 Å². The third kappa shape index (κ3) is 6.97. The first-order chi connectivity index (χ1) is 7.58. The Bertz CT molecular complexity index is 278. The quantitative estimate of drug-likeness (QED) is 0.773. The highest BCUT2D eigenvalue weighted by atomic mass is 16.2. The van der Waals surface area contributed by atoms with Crippen LogP contribution < -0.4 is 10.6 Å². The second kappa shape index (κ2) is 6.03. The number of hydrogen-bond acceptors (Lipinski definition) is 2. The monoisotopic (exact) mass is 242 g/mol. The minimum atomic E-state index is -0.377. The molecule has 0 aromatic rings. The predicted octanol–water partition coefficient (Wildman–Crippen LogP) is 1.84. The molecule has 0 fully saturated rings. The minimum Gasteiger partial charge on any atom is -0.359 e. The molecule has 0 aromatic carbocycles. The molecule has 0 aliphatic carbocycles. The van der Waals surface area contributed by atoms with E-state index in [0.717, 1.165) is 12.8 Å². The Labute approximate surface area is 105 Å². The third-order valence-corrected chi connectivity index (χ3v) is 2.62. The fraction of sp³-hybridized carbons (Fsp3) is 0.846. The van der Waals surface area contributed by atoms with Crippen molar-refractivity contribution < 1.29 is 9.59 Å². The molecule has 4 heteroatoms. The molecule has 0 heterocycles. The van der Waals surface area contributed by atoms with Crippen LogP contribution in [-0.2, 0) is 9.59 Å². The maximum atomic E-state index is 11.8. The van der Waals surface area contributed by atoms with Gasteiger partial charge in [0.15, 0.2) is 0 Å². The van der Waals surface area contributed by atoms with Gasteiger partial charge in [-0.05, 0) is 26.7 Å². The largest absolute Gasteiger partial charge is 0.359 e. The van der Waals surface area contributed by atoms with E-state index in [1.165, 1.54) is 0 Å². The van der Waals surface area contributed by atoms with Crippen LogP contribution in [0.3, 0.4) is 0 Å². The summed E-state index contributed by atoms with van der Waals surface area (Å²) in [6.07, 6.45) is 2.07. The molecule has 4 nitrogen and oxygen atoms in total. The summed E-state index contributed by atoms with van der Waals surface area (Å²) in [5.74, 6) is 0.0883. The second-order valence-corrected chi connectivity index (χ2v) is 6.11. The summed E-state index contributed by atoms with van der Waals surface area (Å²) in [7, 11) is 1.63. The zero-order valence-electron chi connectivity index (χ0n) is 11.9. The van der Waals surface area contributed by atoms with Crippen molar-refractivity contribution in [1.29, 1.82) is 0 Å². The lowest BCUT2D eigenvalue weighted by Gasteiger charge is -2.30. The molecule has 0 saturated carbocycles. The van der Waals surface area contributed by atoms with E-state index in [-0.39, 0.29) is 22.8 Å². The summed E-state index contributed by atoms with van der Waals surface area (Å²) in [6.45, 7) is 9.65. The fourth-order valence-corrected chi connectivity index (χ4v) is 1.37. The number of nitrogens with one attached hydrogen (secondary N) is 2. The highest BCUT2D eigenvalue weighted by Gasteiger charge is 2.27. The van der Waals surface area contributed by atoms with Crippen LogP contribution in [0.15, 0.2) is 0 Å². The average Bonchev–Trinajstić information content (AvgIpc) is 2.14. The lowest BCUT2D eigenvalue weighted by molar-refractivity contribution is -0.130. The molecular weight excluding hydrogens is 216 g/mol. The molecule has 0 radical (unpaired) electrons. The van der Waals surface area contributed by atoms with Crippen molar-refractivity contribution in [2.45, 2.75) is 59.4 Å². The van der Waals surface area contributed by atoms with Gasteiger partial charge in [0.25, 0.3) is 0 Å². The Hall–Kier alpha value is -1.06. The number of rotatable bonds is 5. The van der Waals surface area contributed by atoms with Gasteiger partial charge in [-0.2, -0.15) is 0 Å². The van der Waals surface area contributed by atoms with Crippen molar-refractivity contribution in [3.63, 3.8) is 0 Å². The van der Waals surface area contributed by atoms with Crippen LogP contribution in [0.2, 0.25) is 0 Å². The normalized spacial score (nSPS) is 12.1. The van der Waals surface area contributed by atoms with Crippen LogP contribution in [0, 0.1) is 5.41 Å². The van der Waals surface area contributed by atoms with Crippen LogP contribution in [0.1, 0.15) is 53.9 Å². The summed E-state index contributed by atoms with van der Waals surface area (Å²) in [4.78, 5) is 22.9. The first-order valence-corrected chi connectivity index (χ1v) is 6.12. The Kier molecular flexibility index (Phi) is 5.66. The van der Waals surface area contributed by atoms with Crippen LogP contribution in [0.25, 0.3) is 0 Å². The molecule has 2 amide bonds. The van der Waals surface area contributed by atoms with E-state index in [0.29, 0.717) is 6.42 Å². The molecular formula is C13H26N2O2. The standard InChI is InChI=1S/C13H26N2O2/c1-12(2,3)11(17)15-13(4,5)9-7-8-10(16)14-6/h7-9H2,1-6H3,(H,14,16)(H,15,17). The van der Waals surface area contributed by atoms with Crippen LogP contribution in [-0.4, -0.2) is 24.4 Å². The fourth-order valence-electron chi connectivity index (χ4n) is 1.37. The maximum Gasteiger partial charge on any atom is 0.225 e. The molecule has 0 atom stereocenters. The van der Waals surface area contributed by atoms with Crippen LogP contribution in [0.5, 0.6) is 0 Å². The van der Waals surface area contributed by atoms with Crippen molar-refractivity contribution in [3.05, 3.63) is 0 Å². The molecule has 2 N–H and O–H groups in total. The molecule has 0 aromatic heterocycles. The Morgan fingerprint density at radius 2 is 1.59 bits per heavy atom. The summed E-state index contributed by atoms with van der Waals surface area (Å²) < 4.78 is 0. The third-order valence-electron chi connectivity index (χ3n) is 2.62. The van der Waals surface area contributed by atoms with Gasteiger partial charge in [0, 0.05) is 24.4 Å². The van der Waals surface area contributed by atoms with Gasteiger partial charge >= 0.3 is 0 Å². The summed E-state index contributed by atoms with van der Waals surface area (Å²) in [5.41, 5.74) is -0.642. The summed E-state index contributed by atoms with van der Waals surface area (Å²) in [6, 6.07) is 0. The number of carbonyl (C=O) groups is 2. The molecule has 0 spiro atoms. The molecule has 17 heavy (non-hydrogen) atoms. The Morgan fingerprint density at radius 3 is 2.00 bits per heavy atom. The lowest BCUT2D eigenvalue weighted by atomic mass is 9.91. The Balaban J connectivity index is 4.12. The zero-order chi connectivity index (χ0) is 13.7. The predicted molar refractivity (Wildman–Crippen MR) is 69.6 cm³/mol. The molecule has 0 bridgehead atoms. The van der Waals surface area contributed by atoms with Gasteiger partial charge in [-0.15, -0.1) is 0 Å². The van der Waals surface area contributed by atoms with Crippen molar-refractivity contribution >= 4 is 11.8 Å². The second-order valence-electron chi connectivity index (χ2n) is 6.11. The van der Waals surface area contributed by atoms with E-state index in [4.69, 9.17) is 0 Å². The summed E-state index contributed by atoms with van der Waals surface area (Å²) >= 11 is 0. The van der Waals surface area contributed by atoms with E-state index < -0.39 is 0 Å². The first kappa shape index (κ1) is 15.9. The lowest BCUT2D eigenvalue weighted by Crippen LogP contribution is -2.48. The van der Waals surface area contributed by atoms with Gasteiger partial charge in [-0.25, -0.2) is 0 Å². The van der Waals surface area contributed by atoms with Crippen molar-refractivity contribution in [2.24, 2.45) is 5.41 Å². The van der Waals surface area contributed by atoms with Gasteiger partial charge in [-0.1, -0.05) is 20.8 Å². The van der Waals surface area contributed by atoms with E-state index in [1.54, 1.807) is 7.05 Å². The smallest absolute Gasteiger partial charge is 0.225 e. The topological polar surface area (TPSA) is 58.2 Å². The molecule has 100 valence electrons. The van der Waals surface area contributed by atoms with Gasteiger partial charge in [0.2, 0.25) is 11.8 Å². The highest BCUT2D eigenvalue weighted by molar-refractivity contribution is 5.82. The van der Waals surface area contributed by atoms with Gasteiger partial charge < -0.3 is 10.6 Å². The minimum absolute atomic E-state index is 0.0439. The van der Waals surface area contributed by atoms with Crippen LogP contribution in [0.4, 0.5) is 0 Å². The summed E-state index contributed by atoms with van der Waals surface area (Å²) in [5, 5.41) is 5.61. The van der Waals surface area contributed by atoms with Gasteiger partial charge in [0.05, 0.1) is 0 Å². The molecule has 0 aliphatic heterocycles. The van der Waals surface area contributed by atoms with E-state index in [2.05, 4.69) is 10.6 Å². The molecule has 0 saturated heterocycles. The van der Waals surface area contributed by atoms with Crippen LogP contribution >= 0.6 is 0 Å². The zero-order valence-corrected chi connectivity index (χ0v) is 11.9. The molecule has 0 unspecified atom stereocenters. The number of hydrogen-bond donors (Lipinski definition) is 2. The number of carbonyl (C=O) groups excluding carboxylic acids is 2. The van der Waals surface area contributed by atoms with E-state index in [1.807, 2.05) is 34.6 Å². The average molecular weight is 242 g/mol. The van der Waals surface area contributed by atoms with Crippen molar-refractivity contribution in [2.75, 3.05) is 7.05 Å². The molecule has 0 aliphatic rings. The first-order valence-electron chi connectivity index (χ1n) is 6.12. The maximum absolute atomic E-state index is 11.8. The van der Waals surface area contributed by atoms with E-state index >= 15 is 0 Å².